The lowest BCUT2D eigenvalue weighted by Gasteiger charge is -2.44. The van der Waals surface area contributed by atoms with Crippen molar-refractivity contribution in [2.75, 3.05) is 0 Å². The molecule has 0 saturated heterocycles. The molecule has 0 spiro atoms. The van der Waals surface area contributed by atoms with Crippen molar-refractivity contribution in [1.82, 2.24) is 26.6 Å². The summed E-state index contributed by atoms with van der Waals surface area (Å²) in [6, 6.07) is 25.7. The summed E-state index contributed by atoms with van der Waals surface area (Å²) in [7, 11) is 0. The number of hydrogen-bond acceptors (Lipinski definition) is 5. The van der Waals surface area contributed by atoms with E-state index in [1.165, 1.54) is 294 Å². The Morgan fingerprint density at radius 3 is 0.696 bits per heavy atom. The summed E-state index contributed by atoms with van der Waals surface area (Å²) >= 11 is 0. The van der Waals surface area contributed by atoms with Crippen molar-refractivity contribution in [3.63, 3.8) is 0 Å². The maximum Gasteiger partial charge on any atom is 0.0186 e. The van der Waals surface area contributed by atoms with E-state index in [4.69, 9.17) is 0 Å². The summed E-state index contributed by atoms with van der Waals surface area (Å²) in [5.74, 6) is 12.8. The normalized spacial score (nSPS) is 19.0. The fourth-order valence-corrected chi connectivity index (χ4v) is 27.4. The van der Waals surface area contributed by atoms with E-state index in [9.17, 15) is 0 Å². The molecular formula is C130H255N5. The minimum absolute atomic E-state index is 0.294. The predicted octanol–water partition coefficient (Wildman–Crippen LogP) is 40.4. The van der Waals surface area contributed by atoms with Crippen molar-refractivity contribution in [2.45, 2.75) is 645 Å². The molecule has 5 N–H and O–H groups in total. The Labute approximate surface area is 853 Å². The molecule has 0 aromatic heterocycles. The van der Waals surface area contributed by atoms with Crippen LogP contribution in [0.4, 0.5) is 0 Å². The van der Waals surface area contributed by atoms with Crippen molar-refractivity contribution < 1.29 is 0 Å². The smallest absolute Gasteiger partial charge is 0.0186 e. The summed E-state index contributed by atoms with van der Waals surface area (Å²) in [6.07, 6.45) is 65.8. The van der Waals surface area contributed by atoms with Crippen LogP contribution in [0.1, 0.15) is 584 Å². The topological polar surface area (TPSA) is 60.1 Å². The van der Waals surface area contributed by atoms with Gasteiger partial charge in [-0.1, -0.05) is 447 Å². The molecule has 135 heavy (non-hydrogen) atoms. The third kappa shape index (κ3) is 64.7. The Kier molecular flexibility index (Phi) is 70.0. The van der Waals surface area contributed by atoms with Crippen LogP contribution >= 0.6 is 0 Å². The lowest BCUT2D eigenvalue weighted by molar-refractivity contribution is 0.0717. The van der Waals surface area contributed by atoms with Gasteiger partial charge in [0.05, 0.1) is 0 Å². The molecule has 0 heterocycles. The van der Waals surface area contributed by atoms with E-state index in [0.717, 1.165) is 129 Å². The molecule has 7 fully saturated rings. The van der Waals surface area contributed by atoms with E-state index in [-0.39, 0.29) is 0 Å². The first-order chi connectivity index (χ1) is 62.8. The third-order valence-corrected chi connectivity index (χ3v) is 31.2. The second-order valence-electron chi connectivity index (χ2n) is 55.6. The Morgan fingerprint density at radius 2 is 0.489 bits per heavy atom. The lowest BCUT2D eigenvalue weighted by Crippen LogP contribution is -2.50. The maximum atomic E-state index is 3.83. The Balaban J connectivity index is 0.00000148. The monoisotopic (exact) mass is 1890 g/mol. The summed E-state index contributed by atoms with van der Waals surface area (Å²) in [5.41, 5.74) is 7.80. The van der Waals surface area contributed by atoms with Gasteiger partial charge in [0.2, 0.25) is 0 Å². The molecule has 2 aromatic carbocycles. The van der Waals surface area contributed by atoms with Gasteiger partial charge in [0, 0.05) is 58.9 Å². The highest BCUT2D eigenvalue weighted by atomic mass is 15.0. The average Bonchev–Trinajstić information content (AvgIpc) is 0.832. The standard InChI is InChI=1S/2C15H25N.C14H28.C13H27N.3C13H26.C12H25N.C12H24.C10H23N/c2*1-12(2)10-15(16-13(3)4)11-14-8-6-5-7-9-14;1-12(2)10-14(11-13(3)4)8-6-5-7-9-14;1-11(2)10-13(14-12(3)4)8-6-5-7-9-13;2*1-11(2)7-10-13(12(3)4)8-5-6-9-13;1-11(2)9-13(10-12(3)4)7-5-6-8-13;1-10(2)9-12(13-11(3)4)7-5-6-8-12;1-10(2)8-12(6-5-7-12)9-11(3)4;1-8(2)7-10(5,6)11-9(3)4/h2*5-9,12-13,15-16H,10-11H2,1-4H3;12-13H,5-11H2,1-4H3;11-12,14H,5-10H2,1-4H3;3*11-12H,5-10H2,1-4H3;10-11,13H,5-9H2,1-4H3;10-11H,5-9H2,1-4H3;8-9,11H,7H2,1-6H3/t2*15-;;;;;;;;/m10......../s1. The predicted molar refractivity (Wildman–Crippen MR) is 617 cm³/mol. The number of nitrogens with one attached hydrogen (secondary N) is 5. The second kappa shape index (κ2) is 70.9. The van der Waals surface area contributed by atoms with Crippen LogP contribution in [0.2, 0.25) is 0 Å². The average molecular weight is 1890 g/mol. The van der Waals surface area contributed by atoms with E-state index in [1.54, 1.807) is 0 Å². The van der Waals surface area contributed by atoms with Crippen LogP contribution in [0.15, 0.2) is 60.7 Å². The van der Waals surface area contributed by atoms with Crippen LogP contribution in [0, 0.1) is 116 Å². The second-order valence-corrected chi connectivity index (χ2v) is 55.6. The van der Waals surface area contributed by atoms with Crippen LogP contribution in [-0.2, 0) is 12.8 Å². The maximum absolute atomic E-state index is 3.83. The van der Waals surface area contributed by atoms with Gasteiger partial charge in [-0.2, -0.15) is 0 Å². The molecule has 7 aliphatic carbocycles. The minimum Gasteiger partial charge on any atom is -0.311 e. The molecule has 2 atom stereocenters. The quantitative estimate of drug-likeness (QED) is 0.0458. The van der Waals surface area contributed by atoms with Gasteiger partial charge < -0.3 is 26.6 Å². The molecule has 0 amide bonds. The molecule has 0 aliphatic heterocycles. The van der Waals surface area contributed by atoms with Crippen LogP contribution in [-0.4, -0.2) is 58.9 Å². The van der Waals surface area contributed by atoms with Gasteiger partial charge in [0.1, 0.15) is 0 Å². The molecule has 0 unspecified atom stereocenters. The largest absolute Gasteiger partial charge is 0.311 e. The van der Waals surface area contributed by atoms with Crippen molar-refractivity contribution in [2.24, 2.45) is 116 Å². The zero-order valence-electron chi connectivity index (χ0n) is 101. The Bertz CT molecular complexity index is 2720. The van der Waals surface area contributed by atoms with Crippen LogP contribution in [0.3, 0.4) is 0 Å². The molecule has 0 radical (unpaired) electrons. The van der Waals surface area contributed by atoms with E-state index in [0.29, 0.717) is 58.9 Å². The molecule has 7 aliphatic rings. The van der Waals surface area contributed by atoms with Gasteiger partial charge in [-0.25, -0.2) is 0 Å². The van der Waals surface area contributed by atoms with E-state index in [2.05, 4.69) is 378 Å². The van der Waals surface area contributed by atoms with E-state index >= 15 is 0 Å². The molecule has 2 aromatic rings. The molecule has 5 nitrogen and oxygen atoms in total. The first-order valence-corrected chi connectivity index (χ1v) is 59.7. The highest BCUT2D eigenvalue weighted by Gasteiger charge is 2.42. The molecule has 800 valence electrons. The van der Waals surface area contributed by atoms with Crippen LogP contribution < -0.4 is 26.6 Å². The van der Waals surface area contributed by atoms with Gasteiger partial charge in [-0.05, 0) is 327 Å². The SMILES string of the molecule is CC(C)CC(C)(C)NC(C)C.CC(C)CC1(CC(C)C)CCC1.CC(C)CC1(CC(C)C)CCCC1.CC(C)CC1(CC(C)C)CCCCC1.CC(C)CC1(NC(C)C)CCCC1.CC(C)CC1(NC(C)C)CCCCC1.CC(C)CCC1(C(C)C)CCCC1.CC(C)CCC1(C(C)C)CCCC1.CC(C)C[C@@H](Cc1ccccc1)NC(C)C.CC(C)C[C@H](Cc1ccccc1)NC(C)C. The highest BCUT2D eigenvalue weighted by Crippen LogP contribution is 2.53. The zero-order valence-corrected chi connectivity index (χ0v) is 101. The summed E-state index contributed by atoms with van der Waals surface area (Å²) in [5, 5.41) is 18.5. The van der Waals surface area contributed by atoms with Crippen molar-refractivity contribution >= 4 is 0 Å². The minimum atomic E-state index is 0.294. The first-order valence-electron chi connectivity index (χ1n) is 59.7. The molecule has 0 bridgehead atoms. The van der Waals surface area contributed by atoms with Gasteiger partial charge in [0.25, 0.3) is 0 Å². The summed E-state index contributed by atoms with van der Waals surface area (Å²) < 4.78 is 0. The van der Waals surface area contributed by atoms with Gasteiger partial charge in [-0.15, -0.1) is 0 Å². The third-order valence-electron chi connectivity index (χ3n) is 31.2. The molecule has 5 heteroatoms. The van der Waals surface area contributed by atoms with E-state index in [1.807, 2.05) is 0 Å². The lowest BCUT2D eigenvalue weighted by atomic mass is 9.61. The number of hydrogen-bond donors (Lipinski definition) is 5. The zero-order chi connectivity index (χ0) is 103. The Morgan fingerprint density at radius 1 is 0.244 bits per heavy atom. The van der Waals surface area contributed by atoms with Crippen LogP contribution in [0.25, 0.3) is 0 Å². The van der Waals surface area contributed by atoms with Crippen molar-refractivity contribution in [1.29, 1.82) is 0 Å². The van der Waals surface area contributed by atoms with Gasteiger partial charge in [-0.3, -0.25) is 0 Å². The fourth-order valence-electron chi connectivity index (χ4n) is 27.4. The molecule has 7 saturated carbocycles. The van der Waals surface area contributed by atoms with E-state index < -0.39 is 0 Å². The molecular weight excluding hydrogens is 1630 g/mol. The van der Waals surface area contributed by atoms with Gasteiger partial charge in [0.15, 0.2) is 0 Å². The fraction of sp³-hybridized carbons (Fsp3) is 0.908. The summed E-state index contributed by atoms with van der Waals surface area (Å²) in [4.78, 5) is 0. The number of benzene rings is 2. The first kappa shape index (κ1) is 133. The Hall–Kier alpha value is -1.76. The van der Waals surface area contributed by atoms with Crippen LogP contribution in [0.5, 0.6) is 0 Å². The molecule has 9 rings (SSSR count). The van der Waals surface area contributed by atoms with Gasteiger partial charge >= 0.3 is 0 Å². The van der Waals surface area contributed by atoms with Crippen molar-refractivity contribution in [3.8, 4) is 0 Å². The van der Waals surface area contributed by atoms with Crippen molar-refractivity contribution in [3.05, 3.63) is 71.8 Å². The number of rotatable bonds is 44. The highest BCUT2D eigenvalue weighted by molar-refractivity contribution is 5.17. The summed E-state index contributed by atoms with van der Waals surface area (Å²) in [6.45, 7) is 97.5.